The monoisotopic (exact) mass is 328 g/mol. The fraction of sp³-hybridized carbons (Fsp3) is 0.778. The van der Waals surface area contributed by atoms with Gasteiger partial charge in [-0.05, 0) is 39.7 Å². The van der Waals surface area contributed by atoms with Gasteiger partial charge in [0, 0.05) is 12.7 Å². The highest BCUT2D eigenvalue weighted by atomic mass is 16.7. The average Bonchev–Trinajstić information content (AvgIpc) is 2.49. The van der Waals surface area contributed by atoms with Crippen LogP contribution in [0.3, 0.4) is 0 Å². The quantitative estimate of drug-likeness (QED) is 0.379. The van der Waals surface area contributed by atoms with Crippen molar-refractivity contribution in [2.75, 3.05) is 27.1 Å². The molecule has 0 amide bonds. The number of rotatable bonds is 10. The van der Waals surface area contributed by atoms with Crippen LogP contribution in [0.1, 0.15) is 53.9 Å². The fourth-order valence-electron chi connectivity index (χ4n) is 1.81. The minimum absolute atomic E-state index is 0.0364. The smallest absolute Gasteiger partial charge is 0.311 e. The molecule has 134 valence electrons. The minimum atomic E-state index is -0.565. The summed E-state index contributed by atoms with van der Waals surface area (Å²) in [6.07, 6.45) is 2.84. The van der Waals surface area contributed by atoms with Crippen LogP contribution in [0.4, 0.5) is 0 Å². The predicted molar refractivity (Wildman–Crippen MR) is 90.0 cm³/mol. The summed E-state index contributed by atoms with van der Waals surface area (Å²) in [6.45, 7) is 9.42. The van der Waals surface area contributed by atoms with E-state index in [1.807, 2.05) is 6.92 Å². The molecule has 0 fully saturated rings. The van der Waals surface area contributed by atoms with E-state index in [-0.39, 0.29) is 32.1 Å². The van der Waals surface area contributed by atoms with Crippen LogP contribution in [0, 0.1) is 5.41 Å². The highest BCUT2D eigenvalue weighted by Crippen LogP contribution is 2.17. The Morgan fingerprint density at radius 2 is 1.96 bits per heavy atom. The molecule has 1 N–H and O–H groups in total. The Kier molecular flexibility index (Phi) is 10.9. The molecule has 0 unspecified atom stereocenters. The molecule has 0 aromatic carbocycles. The number of hydrogen-bond acceptors (Lipinski definition) is 5. The Labute approximate surface area is 140 Å². The van der Waals surface area contributed by atoms with Gasteiger partial charge < -0.3 is 19.3 Å². The van der Waals surface area contributed by atoms with Gasteiger partial charge >= 0.3 is 5.97 Å². The zero-order valence-corrected chi connectivity index (χ0v) is 15.4. The van der Waals surface area contributed by atoms with Gasteiger partial charge in [0.25, 0.3) is 0 Å². The van der Waals surface area contributed by atoms with E-state index in [1.165, 1.54) is 0 Å². The molecule has 1 atom stereocenters. The second kappa shape index (κ2) is 11.4. The topological polar surface area (TPSA) is 65.0 Å². The fourth-order valence-corrected chi connectivity index (χ4v) is 1.81. The second-order valence-corrected chi connectivity index (χ2v) is 6.60. The van der Waals surface area contributed by atoms with Gasteiger partial charge in [-0.15, -0.1) is 5.73 Å². The van der Waals surface area contributed by atoms with Gasteiger partial charge in [-0.1, -0.05) is 19.8 Å². The maximum Gasteiger partial charge on any atom is 0.311 e. The van der Waals surface area contributed by atoms with Crippen molar-refractivity contribution in [2.24, 2.45) is 5.41 Å². The summed E-state index contributed by atoms with van der Waals surface area (Å²) in [5, 5.41) is 9.45. The van der Waals surface area contributed by atoms with Crippen molar-refractivity contribution >= 4 is 5.97 Å². The minimum Gasteiger partial charge on any atom is -0.460 e. The molecule has 0 aliphatic rings. The average molecular weight is 328 g/mol. The van der Waals surface area contributed by atoms with Crippen LogP contribution >= 0.6 is 0 Å². The Bertz CT molecular complexity index is 406. The van der Waals surface area contributed by atoms with Crippen LogP contribution in [0.15, 0.2) is 16.9 Å². The van der Waals surface area contributed by atoms with E-state index >= 15 is 0 Å². The lowest BCUT2D eigenvalue weighted by Gasteiger charge is -2.18. The molecule has 0 bridgehead atoms. The number of carbonyl (C=O) groups excluding carboxylic acids is 1. The molecule has 0 aromatic rings. The van der Waals surface area contributed by atoms with Crippen LogP contribution in [0.25, 0.3) is 0 Å². The zero-order valence-electron chi connectivity index (χ0n) is 15.4. The van der Waals surface area contributed by atoms with E-state index in [0.29, 0.717) is 5.57 Å². The SMILES string of the molecule is CCCC[C@@H](OCOC)C(C)=C=C(CO)COC(=O)C(C)(C)C. The molecule has 0 aliphatic carbocycles. The number of hydrogen-bond donors (Lipinski definition) is 1. The first-order valence-corrected chi connectivity index (χ1v) is 8.10. The van der Waals surface area contributed by atoms with Gasteiger partial charge in [-0.3, -0.25) is 4.79 Å². The molecule has 0 radical (unpaired) electrons. The molecule has 5 nitrogen and oxygen atoms in total. The summed E-state index contributed by atoms with van der Waals surface area (Å²) in [5.74, 6) is -0.305. The predicted octanol–water partition coefficient (Wildman–Crippen LogP) is 3.22. The summed E-state index contributed by atoms with van der Waals surface area (Å²) < 4.78 is 15.8. The third kappa shape index (κ3) is 9.57. The standard InChI is InChI=1S/C18H32O5/c1-7-8-9-16(23-13-21-6)14(2)10-15(11-19)12-22-17(20)18(3,4)5/h16,19H,7-9,11-13H2,1-6H3/t10?,16-/m1/s1. The van der Waals surface area contributed by atoms with Crippen LogP contribution in [-0.4, -0.2) is 44.3 Å². The van der Waals surface area contributed by atoms with Crippen molar-refractivity contribution in [3.05, 3.63) is 16.9 Å². The highest BCUT2D eigenvalue weighted by Gasteiger charge is 2.23. The molecule has 5 heteroatoms. The van der Waals surface area contributed by atoms with Crippen LogP contribution < -0.4 is 0 Å². The van der Waals surface area contributed by atoms with Gasteiger partial charge in [0.1, 0.15) is 13.4 Å². The molecule has 0 heterocycles. The van der Waals surface area contributed by atoms with Crippen molar-refractivity contribution in [2.45, 2.75) is 60.0 Å². The number of unbranched alkanes of at least 4 members (excludes halogenated alkanes) is 1. The van der Waals surface area contributed by atoms with Crippen molar-refractivity contribution in [3.8, 4) is 0 Å². The number of carbonyl (C=O) groups is 1. The first kappa shape index (κ1) is 21.9. The third-order valence-electron chi connectivity index (χ3n) is 3.24. The van der Waals surface area contributed by atoms with Gasteiger partial charge in [0.05, 0.1) is 18.1 Å². The maximum absolute atomic E-state index is 11.8. The van der Waals surface area contributed by atoms with Crippen molar-refractivity contribution < 1.29 is 24.1 Å². The van der Waals surface area contributed by atoms with Crippen LogP contribution in [-0.2, 0) is 19.0 Å². The van der Waals surface area contributed by atoms with Crippen LogP contribution in [0.2, 0.25) is 0 Å². The summed E-state index contributed by atoms with van der Waals surface area (Å²) in [4.78, 5) is 11.8. The zero-order chi connectivity index (χ0) is 17.9. The van der Waals surface area contributed by atoms with Gasteiger partial charge in [0.2, 0.25) is 0 Å². The maximum atomic E-state index is 11.8. The number of ether oxygens (including phenoxy) is 3. The van der Waals surface area contributed by atoms with E-state index < -0.39 is 5.41 Å². The second-order valence-electron chi connectivity index (χ2n) is 6.60. The molecule has 0 saturated heterocycles. The molecule has 0 saturated carbocycles. The van der Waals surface area contributed by atoms with E-state index in [0.717, 1.165) is 24.8 Å². The molecule has 0 spiro atoms. The van der Waals surface area contributed by atoms with Gasteiger partial charge in [-0.2, -0.15) is 0 Å². The molecule has 0 aromatic heterocycles. The normalized spacial score (nSPS) is 12.5. The number of esters is 1. The number of aliphatic hydroxyl groups is 1. The largest absolute Gasteiger partial charge is 0.460 e. The van der Waals surface area contributed by atoms with Crippen molar-refractivity contribution in [1.29, 1.82) is 0 Å². The summed E-state index contributed by atoms with van der Waals surface area (Å²) >= 11 is 0. The van der Waals surface area contributed by atoms with E-state index in [1.54, 1.807) is 27.9 Å². The third-order valence-corrected chi connectivity index (χ3v) is 3.24. The number of methoxy groups -OCH3 is 1. The van der Waals surface area contributed by atoms with Gasteiger partial charge in [0.15, 0.2) is 0 Å². The first-order chi connectivity index (χ1) is 10.8. The van der Waals surface area contributed by atoms with Crippen molar-refractivity contribution in [1.82, 2.24) is 0 Å². The lowest BCUT2D eigenvalue weighted by atomic mass is 9.97. The van der Waals surface area contributed by atoms with Crippen molar-refractivity contribution in [3.63, 3.8) is 0 Å². The summed E-state index contributed by atoms with van der Waals surface area (Å²) in [6, 6.07) is 0. The van der Waals surface area contributed by atoms with Gasteiger partial charge in [-0.25, -0.2) is 0 Å². The Hall–Kier alpha value is -1.13. The van der Waals surface area contributed by atoms with E-state index in [2.05, 4.69) is 12.7 Å². The molecule has 23 heavy (non-hydrogen) atoms. The highest BCUT2D eigenvalue weighted by molar-refractivity contribution is 5.75. The van der Waals surface area contributed by atoms with E-state index in [4.69, 9.17) is 14.2 Å². The van der Waals surface area contributed by atoms with E-state index in [9.17, 15) is 9.90 Å². The number of aliphatic hydroxyl groups excluding tert-OH is 1. The lowest BCUT2D eigenvalue weighted by molar-refractivity contribution is -0.151. The summed E-state index contributed by atoms with van der Waals surface area (Å²) in [5.41, 5.74) is 3.95. The first-order valence-electron chi connectivity index (χ1n) is 8.10. The lowest BCUT2D eigenvalue weighted by Crippen LogP contribution is -2.24. The summed E-state index contributed by atoms with van der Waals surface area (Å²) in [7, 11) is 1.58. The van der Waals surface area contributed by atoms with Crippen LogP contribution in [0.5, 0.6) is 0 Å². The Balaban J connectivity index is 5.01. The molecule has 0 aliphatic heterocycles. The Morgan fingerprint density at radius 1 is 1.30 bits per heavy atom. The molecular formula is C18H32O5. The molecular weight excluding hydrogens is 296 g/mol. The Morgan fingerprint density at radius 3 is 2.43 bits per heavy atom. The molecule has 0 rings (SSSR count).